The van der Waals surface area contributed by atoms with Gasteiger partial charge in [-0.05, 0) is 26.7 Å². The highest BCUT2D eigenvalue weighted by atomic mass is 127. The number of likely N-dealkylation sites (tertiary alicyclic amines) is 1. The molecule has 0 saturated carbocycles. The maximum atomic E-state index is 11.8. The Bertz CT molecular complexity index is 639. The van der Waals surface area contributed by atoms with Gasteiger partial charge in [0.15, 0.2) is 11.8 Å². The molecule has 0 aliphatic carbocycles. The standard InChI is InChI=1S/C17H29N7O2.HI/c1-5-9-18-16(19-12-15-22-21-13(3)23(15)4)20-14-7-10-24(11-8-14)17(25)26-6-2;/h5,14H,1,6-12H2,2-4H3,(H2,18,19,20);1H. The number of rotatable bonds is 6. The van der Waals surface area contributed by atoms with Gasteiger partial charge in [-0.2, -0.15) is 0 Å². The number of halogens is 1. The van der Waals surface area contributed by atoms with Crippen molar-refractivity contribution in [2.45, 2.75) is 39.3 Å². The second-order valence-electron chi connectivity index (χ2n) is 6.16. The predicted octanol–water partition coefficient (Wildman–Crippen LogP) is 1.58. The van der Waals surface area contributed by atoms with Crippen LogP contribution in [0.3, 0.4) is 0 Å². The van der Waals surface area contributed by atoms with Crippen molar-refractivity contribution < 1.29 is 9.53 Å². The molecular weight excluding hydrogens is 461 g/mol. The molecule has 2 heterocycles. The normalized spacial score (nSPS) is 15.1. The summed E-state index contributed by atoms with van der Waals surface area (Å²) in [5.74, 6) is 2.37. The summed E-state index contributed by atoms with van der Waals surface area (Å²) in [6.07, 6.45) is 3.24. The molecule has 0 spiro atoms. The lowest BCUT2D eigenvalue weighted by molar-refractivity contribution is 0.0963. The number of nitrogens with zero attached hydrogens (tertiary/aromatic N) is 5. The number of aryl methyl sites for hydroxylation is 1. The minimum atomic E-state index is -0.234. The molecule has 27 heavy (non-hydrogen) atoms. The average molecular weight is 491 g/mol. The van der Waals surface area contributed by atoms with Crippen LogP contribution in [0.5, 0.6) is 0 Å². The van der Waals surface area contributed by atoms with E-state index >= 15 is 0 Å². The molecule has 1 aliphatic rings. The quantitative estimate of drug-likeness (QED) is 0.272. The largest absolute Gasteiger partial charge is 0.450 e. The molecule has 0 unspecified atom stereocenters. The number of aliphatic imine (C=N–C) groups is 1. The molecule has 0 bridgehead atoms. The Morgan fingerprint density at radius 1 is 1.41 bits per heavy atom. The first-order valence-corrected chi connectivity index (χ1v) is 8.97. The highest BCUT2D eigenvalue weighted by Gasteiger charge is 2.24. The molecule has 2 rings (SSSR count). The van der Waals surface area contributed by atoms with Crippen molar-refractivity contribution >= 4 is 36.0 Å². The summed E-state index contributed by atoms with van der Waals surface area (Å²) in [5, 5.41) is 14.8. The van der Waals surface area contributed by atoms with E-state index in [0.29, 0.717) is 38.7 Å². The Labute approximate surface area is 177 Å². The topological polar surface area (TPSA) is 96.7 Å². The van der Waals surface area contributed by atoms with Crippen LogP contribution in [0.4, 0.5) is 4.79 Å². The third kappa shape index (κ3) is 7.00. The van der Waals surface area contributed by atoms with Gasteiger partial charge in [0.05, 0.1) is 6.61 Å². The Hall–Kier alpha value is -1.85. The third-order valence-corrected chi connectivity index (χ3v) is 4.34. The zero-order valence-electron chi connectivity index (χ0n) is 16.3. The van der Waals surface area contributed by atoms with Gasteiger partial charge in [0.1, 0.15) is 12.4 Å². The maximum Gasteiger partial charge on any atom is 0.409 e. The van der Waals surface area contributed by atoms with Gasteiger partial charge in [0, 0.05) is 32.7 Å². The van der Waals surface area contributed by atoms with Gasteiger partial charge in [0.25, 0.3) is 0 Å². The van der Waals surface area contributed by atoms with Gasteiger partial charge in [-0.25, -0.2) is 9.79 Å². The second-order valence-corrected chi connectivity index (χ2v) is 6.16. The van der Waals surface area contributed by atoms with Gasteiger partial charge >= 0.3 is 6.09 Å². The highest BCUT2D eigenvalue weighted by Crippen LogP contribution is 2.11. The Balaban J connectivity index is 0.00000364. The van der Waals surface area contributed by atoms with Crippen LogP contribution < -0.4 is 10.6 Å². The summed E-state index contributed by atoms with van der Waals surface area (Å²) in [6.45, 7) is 10.3. The number of hydrogen-bond acceptors (Lipinski definition) is 5. The molecule has 1 aliphatic heterocycles. The molecule has 1 fully saturated rings. The Kier molecular flexibility index (Phi) is 10.1. The Morgan fingerprint density at radius 3 is 2.67 bits per heavy atom. The smallest absolute Gasteiger partial charge is 0.409 e. The maximum absolute atomic E-state index is 11.8. The number of guanidine groups is 1. The lowest BCUT2D eigenvalue weighted by Crippen LogP contribution is -2.50. The number of piperidine rings is 1. The van der Waals surface area contributed by atoms with Crippen molar-refractivity contribution in [1.82, 2.24) is 30.3 Å². The monoisotopic (exact) mass is 491 g/mol. The first kappa shape index (κ1) is 23.2. The van der Waals surface area contributed by atoms with Crippen LogP contribution in [0, 0.1) is 6.92 Å². The van der Waals surface area contributed by atoms with E-state index < -0.39 is 0 Å². The number of ether oxygens (including phenoxy) is 1. The second kappa shape index (κ2) is 11.8. The molecule has 1 amide bonds. The number of carbonyl (C=O) groups excluding carboxylic acids is 1. The van der Waals surface area contributed by atoms with E-state index in [2.05, 4.69) is 32.4 Å². The molecule has 1 saturated heterocycles. The van der Waals surface area contributed by atoms with E-state index in [-0.39, 0.29) is 36.1 Å². The van der Waals surface area contributed by atoms with E-state index in [9.17, 15) is 4.79 Å². The molecule has 10 heteroatoms. The zero-order valence-corrected chi connectivity index (χ0v) is 18.6. The number of hydrogen-bond donors (Lipinski definition) is 2. The molecule has 1 aromatic rings. The summed E-state index contributed by atoms with van der Waals surface area (Å²) in [5.41, 5.74) is 0. The van der Waals surface area contributed by atoms with Crippen molar-refractivity contribution in [2.24, 2.45) is 12.0 Å². The van der Waals surface area contributed by atoms with Crippen LogP contribution >= 0.6 is 24.0 Å². The SMILES string of the molecule is C=CCNC(=NCc1nnc(C)n1C)NC1CCN(C(=O)OCC)CC1.I. The van der Waals surface area contributed by atoms with E-state index in [1.54, 1.807) is 11.0 Å². The summed E-state index contributed by atoms with van der Waals surface area (Å²) < 4.78 is 6.98. The molecule has 2 N–H and O–H groups in total. The number of aromatic nitrogens is 3. The number of nitrogens with one attached hydrogen (secondary N) is 2. The fraction of sp³-hybridized carbons (Fsp3) is 0.647. The number of carbonyl (C=O) groups is 1. The van der Waals surface area contributed by atoms with E-state index in [1.165, 1.54) is 0 Å². The molecule has 0 atom stereocenters. The van der Waals surface area contributed by atoms with Crippen LogP contribution in [-0.2, 0) is 18.3 Å². The third-order valence-electron chi connectivity index (χ3n) is 4.34. The summed E-state index contributed by atoms with van der Waals surface area (Å²) in [6, 6.07) is 0.248. The predicted molar refractivity (Wildman–Crippen MR) is 115 cm³/mol. The fourth-order valence-corrected chi connectivity index (χ4v) is 2.67. The van der Waals surface area contributed by atoms with Crippen LogP contribution in [0.1, 0.15) is 31.4 Å². The lowest BCUT2D eigenvalue weighted by Gasteiger charge is -2.32. The van der Waals surface area contributed by atoms with Gasteiger partial charge < -0.3 is 24.8 Å². The molecule has 1 aromatic heterocycles. The van der Waals surface area contributed by atoms with Crippen LogP contribution in [-0.4, -0.2) is 64.0 Å². The molecule has 9 nitrogen and oxygen atoms in total. The van der Waals surface area contributed by atoms with E-state index in [0.717, 1.165) is 24.5 Å². The zero-order chi connectivity index (χ0) is 18.9. The van der Waals surface area contributed by atoms with Crippen molar-refractivity contribution in [1.29, 1.82) is 0 Å². The van der Waals surface area contributed by atoms with E-state index in [4.69, 9.17) is 4.74 Å². The van der Waals surface area contributed by atoms with Gasteiger partial charge in [-0.3, -0.25) is 0 Å². The minimum absolute atomic E-state index is 0. The van der Waals surface area contributed by atoms with Crippen LogP contribution in [0.25, 0.3) is 0 Å². The fourth-order valence-electron chi connectivity index (χ4n) is 2.67. The molecule has 0 aromatic carbocycles. The summed E-state index contributed by atoms with van der Waals surface area (Å²) in [7, 11) is 1.93. The summed E-state index contributed by atoms with van der Waals surface area (Å²) in [4.78, 5) is 18.1. The van der Waals surface area contributed by atoms with Crippen molar-refractivity contribution in [3.8, 4) is 0 Å². The number of amides is 1. The average Bonchev–Trinajstić information content (AvgIpc) is 2.96. The Morgan fingerprint density at radius 2 is 2.11 bits per heavy atom. The van der Waals surface area contributed by atoms with Crippen molar-refractivity contribution in [2.75, 3.05) is 26.2 Å². The van der Waals surface area contributed by atoms with Gasteiger partial charge in [-0.1, -0.05) is 6.08 Å². The lowest BCUT2D eigenvalue weighted by atomic mass is 10.1. The highest BCUT2D eigenvalue weighted by molar-refractivity contribution is 14.0. The molecular formula is C17H30IN7O2. The van der Waals surface area contributed by atoms with Crippen LogP contribution in [0.15, 0.2) is 17.6 Å². The molecule has 0 radical (unpaired) electrons. The van der Waals surface area contributed by atoms with Gasteiger partial charge in [-0.15, -0.1) is 40.8 Å². The molecule has 152 valence electrons. The first-order valence-electron chi connectivity index (χ1n) is 8.97. The van der Waals surface area contributed by atoms with Crippen LogP contribution in [0.2, 0.25) is 0 Å². The summed E-state index contributed by atoms with van der Waals surface area (Å²) >= 11 is 0. The van der Waals surface area contributed by atoms with E-state index in [1.807, 2.05) is 25.5 Å². The van der Waals surface area contributed by atoms with Crippen molar-refractivity contribution in [3.05, 3.63) is 24.3 Å². The van der Waals surface area contributed by atoms with Gasteiger partial charge in [0.2, 0.25) is 0 Å². The minimum Gasteiger partial charge on any atom is -0.450 e. The first-order chi connectivity index (χ1) is 12.5. The van der Waals surface area contributed by atoms with Crippen molar-refractivity contribution in [3.63, 3.8) is 0 Å².